The molecule has 0 saturated heterocycles. The van der Waals surface area contributed by atoms with Crippen molar-refractivity contribution in [2.75, 3.05) is 25.5 Å². The first-order chi connectivity index (χ1) is 6.06. The maximum absolute atomic E-state index is 5.56. The third-order valence-electron chi connectivity index (χ3n) is 2.00. The quantitative estimate of drug-likeness (QED) is 0.762. The molecule has 0 radical (unpaired) electrons. The van der Waals surface area contributed by atoms with Crippen LogP contribution in [0.5, 0.6) is 0 Å². The molecular weight excluding hydrogens is 166 g/mol. The van der Waals surface area contributed by atoms with Crippen molar-refractivity contribution in [3.8, 4) is 0 Å². The Morgan fingerprint density at radius 2 is 2.15 bits per heavy atom. The van der Waals surface area contributed by atoms with E-state index in [-0.39, 0.29) is 5.92 Å². The highest BCUT2D eigenvalue weighted by molar-refractivity contribution is 5.28. The summed E-state index contributed by atoms with van der Waals surface area (Å²) in [5, 5.41) is 0. The zero-order valence-corrected chi connectivity index (χ0v) is 8.66. The van der Waals surface area contributed by atoms with Gasteiger partial charge in [0.15, 0.2) is 0 Å². The molecule has 1 heterocycles. The minimum absolute atomic E-state index is 0.237. The lowest BCUT2D eigenvalue weighted by atomic mass is 10.1. The van der Waals surface area contributed by atoms with Crippen molar-refractivity contribution >= 4 is 6.01 Å². The van der Waals surface area contributed by atoms with E-state index in [0.29, 0.717) is 12.6 Å². The molecule has 1 aromatic heterocycles. The molecule has 0 aromatic carbocycles. The van der Waals surface area contributed by atoms with Gasteiger partial charge < -0.3 is 15.1 Å². The average molecular weight is 183 g/mol. The lowest BCUT2D eigenvalue weighted by Gasteiger charge is -2.06. The highest BCUT2D eigenvalue weighted by Crippen LogP contribution is 2.23. The predicted molar refractivity (Wildman–Crippen MR) is 53.0 cm³/mol. The van der Waals surface area contributed by atoms with Gasteiger partial charge >= 0.3 is 0 Å². The Bertz CT molecular complexity index is 280. The molecular formula is C9H17N3O. The molecule has 0 aliphatic rings. The number of nitrogens with two attached hydrogens (primary N) is 1. The molecule has 0 bridgehead atoms. The number of nitrogens with zero attached hydrogens (tertiary/aromatic N) is 2. The summed E-state index contributed by atoms with van der Waals surface area (Å²) in [7, 11) is 3.81. The van der Waals surface area contributed by atoms with E-state index in [1.54, 1.807) is 0 Å². The summed E-state index contributed by atoms with van der Waals surface area (Å²) in [6, 6.07) is 0.646. The molecule has 4 heteroatoms. The van der Waals surface area contributed by atoms with E-state index < -0.39 is 0 Å². The number of aromatic nitrogens is 1. The minimum Gasteiger partial charge on any atom is -0.428 e. The van der Waals surface area contributed by atoms with Crippen LogP contribution in [0.1, 0.15) is 24.3 Å². The molecule has 13 heavy (non-hydrogen) atoms. The van der Waals surface area contributed by atoms with E-state index in [2.05, 4.69) is 4.98 Å². The summed E-state index contributed by atoms with van der Waals surface area (Å²) >= 11 is 0. The predicted octanol–water partition coefficient (Wildman–Crippen LogP) is 1.11. The van der Waals surface area contributed by atoms with Crippen molar-refractivity contribution < 1.29 is 4.42 Å². The minimum atomic E-state index is 0.237. The Morgan fingerprint density at radius 1 is 1.54 bits per heavy atom. The third-order valence-corrected chi connectivity index (χ3v) is 2.00. The molecule has 4 nitrogen and oxygen atoms in total. The van der Waals surface area contributed by atoms with Crippen molar-refractivity contribution in [2.45, 2.75) is 19.8 Å². The molecule has 1 atom stereocenters. The monoisotopic (exact) mass is 183 g/mol. The number of aryl methyl sites for hydroxylation is 1. The zero-order valence-electron chi connectivity index (χ0n) is 8.66. The van der Waals surface area contributed by atoms with Gasteiger partial charge in [-0.3, -0.25) is 0 Å². The molecule has 0 fully saturated rings. The van der Waals surface area contributed by atoms with Gasteiger partial charge in [0.2, 0.25) is 0 Å². The topological polar surface area (TPSA) is 55.3 Å². The largest absolute Gasteiger partial charge is 0.428 e. The molecule has 1 unspecified atom stereocenters. The normalized spacial score (nSPS) is 13.0. The first-order valence-electron chi connectivity index (χ1n) is 4.41. The van der Waals surface area contributed by atoms with Crippen molar-refractivity contribution in [2.24, 2.45) is 5.73 Å². The molecule has 1 rings (SSSR count). The molecule has 1 aromatic rings. The van der Waals surface area contributed by atoms with Gasteiger partial charge in [-0.15, -0.1) is 0 Å². The summed E-state index contributed by atoms with van der Waals surface area (Å²) < 4.78 is 5.56. The molecule has 74 valence electrons. The van der Waals surface area contributed by atoms with Gasteiger partial charge in [-0.25, -0.2) is 0 Å². The molecule has 0 aliphatic carbocycles. The van der Waals surface area contributed by atoms with E-state index >= 15 is 0 Å². The van der Waals surface area contributed by atoms with Crippen LogP contribution in [0.4, 0.5) is 6.01 Å². The van der Waals surface area contributed by atoms with Gasteiger partial charge in [0.25, 0.3) is 6.01 Å². The fraction of sp³-hybridized carbons (Fsp3) is 0.667. The van der Waals surface area contributed by atoms with Crippen molar-refractivity contribution in [1.82, 2.24) is 4.98 Å². The van der Waals surface area contributed by atoms with E-state index in [9.17, 15) is 0 Å². The van der Waals surface area contributed by atoms with Crippen LogP contribution in [0.15, 0.2) is 4.42 Å². The van der Waals surface area contributed by atoms with Crippen LogP contribution in [0.3, 0.4) is 0 Å². The van der Waals surface area contributed by atoms with Crippen LogP contribution in [-0.4, -0.2) is 25.6 Å². The number of anilines is 1. The lowest BCUT2D eigenvalue weighted by Crippen LogP contribution is -2.09. The van der Waals surface area contributed by atoms with Crippen molar-refractivity contribution in [3.63, 3.8) is 0 Å². The van der Waals surface area contributed by atoms with E-state index in [0.717, 1.165) is 11.5 Å². The van der Waals surface area contributed by atoms with E-state index in [1.807, 2.05) is 32.8 Å². The second-order valence-corrected chi connectivity index (χ2v) is 3.48. The number of oxazole rings is 1. The van der Waals surface area contributed by atoms with E-state index in [4.69, 9.17) is 10.2 Å². The Kier molecular flexibility index (Phi) is 2.93. The van der Waals surface area contributed by atoms with Gasteiger partial charge in [-0.1, -0.05) is 6.92 Å². The van der Waals surface area contributed by atoms with Crippen LogP contribution < -0.4 is 10.6 Å². The molecule has 0 aliphatic heterocycles. The van der Waals surface area contributed by atoms with Crippen LogP contribution in [0.2, 0.25) is 0 Å². The van der Waals surface area contributed by atoms with E-state index in [1.165, 1.54) is 0 Å². The van der Waals surface area contributed by atoms with Crippen molar-refractivity contribution in [1.29, 1.82) is 0 Å². The fourth-order valence-corrected chi connectivity index (χ4v) is 1.15. The summed E-state index contributed by atoms with van der Waals surface area (Å²) in [5.41, 5.74) is 6.49. The number of hydrogen-bond donors (Lipinski definition) is 1. The summed E-state index contributed by atoms with van der Waals surface area (Å²) in [5.74, 6) is 1.13. The zero-order chi connectivity index (χ0) is 10.0. The summed E-state index contributed by atoms with van der Waals surface area (Å²) in [4.78, 5) is 6.13. The van der Waals surface area contributed by atoms with Crippen molar-refractivity contribution in [3.05, 3.63) is 11.5 Å². The number of rotatable bonds is 3. The maximum Gasteiger partial charge on any atom is 0.297 e. The summed E-state index contributed by atoms with van der Waals surface area (Å²) in [6.07, 6.45) is 0. The molecule has 0 saturated carbocycles. The highest BCUT2D eigenvalue weighted by Gasteiger charge is 2.15. The average Bonchev–Trinajstić information content (AvgIpc) is 2.46. The summed E-state index contributed by atoms with van der Waals surface area (Å²) in [6.45, 7) is 4.56. The first-order valence-corrected chi connectivity index (χ1v) is 4.41. The van der Waals surface area contributed by atoms with Crippen LogP contribution in [-0.2, 0) is 0 Å². The molecule has 0 amide bonds. The Balaban J connectivity index is 2.96. The molecule has 0 spiro atoms. The van der Waals surface area contributed by atoms with Crippen LogP contribution in [0, 0.1) is 6.92 Å². The smallest absolute Gasteiger partial charge is 0.297 e. The van der Waals surface area contributed by atoms with Gasteiger partial charge in [0, 0.05) is 26.6 Å². The number of hydrogen-bond acceptors (Lipinski definition) is 4. The second-order valence-electron chi connectivity index (χ2n) is 3.48. The highest BCUT2D eigenvalue weighted by atomic mass is 16.4. The van der Waals surface area contributed by atoms with Crippen LogP contribution >= 0.6 is 0 Å². The lowest BCUT2D eigenvalue weighted by molar-refractivity contribution is 0.473. The van der Waals surface area contributed by atoms with Crippen LogP contribution in [0.25, 0.3) is 0 Å². The standard InChI is InChI=1S/C9H17N3O/c1-6(5-10)8-7(2)11-9(13-8)12(3)4/h6H,5,10H2,1-4H3. The third kappa shape index (κ3) is 2.01. The Morgan fingerprint density at radius 3 is 2.54 bits per heavy atom. The Hall–Kier alpha value is -1.03. The van der Waals surface area contributed by atoms with Gasteiger partial charge in [-0.05, 0) is 6.92 Å². The van der Waals surface area contributed by atoms with Gasteiger partial charge in [-0.2, -0.15) is 4.98 Å². The molecule has 2 N–H and O–H groups in total. The first kappa shape index (κ1) is 10.1. The Labute approximate surface area is 78.7 Å². The van der Waals surface area contributed by atoms with Gasteiger partial charge in [0.1, 0.15) is 5.76 Å². The fourth-order valence-electron chi connectivity index (χ4n) is 1.15. The van der Waals surface area contributed by atoms with Gasteiger partial charge in [0.05, 0.1) is 5.69 Å². The second kappa shape index (κ2) is 3.79. The SMILES string of the molecule is Cc1nc(N(C)C)oc1C(C)CN. The maximum atomic E-state index is 5.56.